The zero-order chi connectivity index (χ0) is 18.3. The number of aryl methyl sites for hydroxylation is 1. The Morgan fingerprint density at radius 3 is 2.92 bits per heavy atom. The van der Waals surface area contributed by atoms with E-state index in [0.717, 1.165) is 17.7 Å². The lowest BCUT2D eigenvalue weighted by molar-refractivity contribution is 0.0988. The van der Waals surface area contributed by atoms with Crippen LogP contribution in [0.4, 0.5) is 11.6 Å². The molecule has 0 spiro atoms. The lowest BCUT2D eigenvalue weighted by Gasteiger charge is -2.21. The molecule has 1 aliphatic rings. The van der Waals surface area contributed by atoms with Crippen LogP contribution in [0.25, 0.3) is 11.5 Å². The Balaban J connectivity index is 1.74. The van der Waals surface area contributed by atoms with E-state index in [9.17, 15) is 4.79 Å². The highest BCUT2D eigenvalue weighted by Crippen LogP contribution is 2.31. The number of rotatable bonds is 2. The van der Waals surface area contributed by atoms with Crippen molar-refractivity contribution >= 4 is 17.5 Å². The van der Waals surface area contributed by atoms with Crippen molar-refractivity contribution in [2.45, 2.75) is 26.2 Å². The average molecular weight is 350 g/mol. The number of carbonyl (C=O) groups is 1. The van der Waals surface area contributed by atoms with E-state index in [1.165, 1.54) is 6.20 Å². The summed E-state index contributed by atoms with van der Waals surface area (Å²) in [5.41, 5.74) is 8.42. The molecule has 4 rings (SSSR count). The molecule has 1 atom stereocenters. The molecule has 8 heteroatoms. The van der Waals surface area contributed by atoms with Crippen molar-refractivity contribution in [1.29, 1.82) is 0 Å². The highest BCUT2D eigenvalue weighted by atomic mass is 16.4. The number of carbonyl (C=O) groups excluding carboxylic acids is 1. The van der Waals surface area contributed by atoms with Crippen LogP contribution in [0.15, 0.2) is 34.9 Å². The Kier molecular flexibility index (Phi) is 3.87. The second kappa shape index (κ2) is 6.21. The number of hydrogen-bond acceptors (Lipinski definition) is 7. The fraction of sp³-hybridized carbons (Fsp3) is 0.278. The van der Waals surface area contributed by atoms with E-state index in [0.29, 0.717) is 29.6 Å². The molecule has 8 nitrogen and oxygen atoms in total. The van der Waals surface area contributed by atoms with Gasteiger partial charge in [-0.05, 0) is 24.6 Å². The van der Waals surface area contributed by atoms with Gasteiger partial charge in [0.2, 0.25) is 17.7 Å². The lowest BCUT2D eigenvalue weighted by atomic mass is 10.0. The van der Waals surface area contributed by atoms with Crippen molar-refractivity contribution in [2.24, 2.45) is 0 Å². The third-order valence-electron chi connectivity index (χ3n) is 4.50. The largest absolute Gasteiger partial charge is 0.421 e. The maximum atomic E-state index is 13.1. The van der Waals surface area contributed by atoms with Gasteiger partial charge < -0.3 is 15.1 Å². The molecule has 1 aliphatic heterocycles. The van der Waals surface area contributed by atoms with Gasteiger partial charge in [0, 0.05) is 36.8 Å². The van der Waals surface area contributed by atoms with Crippen LogP contribution in [0.3, 0.4) is 0 Å². The summed E-state index contributed by atoms with van der Waals surface area (Å²) in [6.45, 7) is 4.35. The molecule has 2 aromatic heterocycles. The van der Waals surface area contributed by atoms with Crippen LogP contribution in [0.5, 0.6) is 0 Å². The van der Waals surface area contributed by atoms with Crippen molar-refractivity contribution in [3.05, 3.63) is 47.6 Å². The number of nitrogen functional groups attached to an aromatic ring is 1. The quantitative estimate of drug-likeness (QED) is 0.756. The Morgan fingerprint density at radius 2 is 2.15 bits per heavy atom. The Labute approximate surface area is 150 Å². The van der Waals surface area contributed by atoms with Gasteiger partial charge in [0.05, 0.1) is 11.3 Å². The number of fused-ring (bicyclic) bond motifs is 1. The monoisotopic (exact) mass is 350 g/mol. The molecule has 3 heterocycles. The standard InChI is InChI=1S/C18H18N6O2/c1-10-6-7-24(17(25)14-9-20-18(19)21-15(10)14)13-5-3-4-12(8-13)16-23-22-11(2)26-16/h3-5,8-10H,6-7H2,1-2H3,(H2,19,20,21). The summed E-state index contributed by atoms with van der Waals surface area (Å²) in [6.07, 6.45) is 2.29. The van der Waals surface area contributed by atoms with E-state index >= 15 is 0 Å². The summed E-state index contributed by atoms with van der Waals surface area (Å²) in [4.78, 5) is 23.1. The second-order valence-electron chi connectivity index (χ2n) is 6.35. The third-order valence-corrected chi connectivity index (χ3v) is 4.50. The molecule has 0 fully saturated rings. The molecule has 1 amide bonds. The normalized spacial score (nSPS) is 17.1. The Morgan fingerprint density at radius 1 is 1.31 bits per heavy atom. The molecule has 0 bridgehead atoms. The first-order valence-electron chi connectivity index (χ1n) is 8.38. The van der Waals surface area contributed by atoms with Crippen molar-refractivity contribution < 1.29 is 9.21 Å². The minimum Gasteiger partial charge on any atom is -0.421 e. The third kappa shape index (κ3) is 2.79. The SMILES string of the molecule is Cc1nnc(-c2cccc(N3CCC(C)c4nc(N)ncc4C3=O)c2)o1. The molecule has 132 valence electrons. The fourth-order valence-corrected chi connectivity index (χ4v) is 3.12. The maximum absolute atomic E-state index is 13.1. The first kappa shape index (κ1) is 16.2. The molecular formula is C18H18N6O2. The minimum atomic E-state index is -0.136. The van der Waals surface area contributed by atoms with E-state index in [1.54, 1.807) is 11.8 Å². The predicted octanol–water partition coefficient (Wildman–Crippen LogP) is 2.57. The number of benzene rings is 1. The van der Waals surface area contributed by atoms with Crippen molar-refractivity contribution in [3.8, 4) is 11.5 Å². The summed E-state index contributed by atoms with van der Waals surface area (Å²) in [7, 11) is 0. The minimum absolute atomic E-state index is 0.117. The summed E-state index contributed by atoms with van der Waals surface area (Å²) >= 11 is 0. The van der Waals surface area contributed by atoms with Crippen LogP contribution in [-0.2, 0) is 0 Å². The zero-order valence-corrected chi connectivity index (χ0v) is 14.5. The molecular weight excluding hydrogens is 332 g/mol. The lowest BCUT2D eigenvalue weighted by Crippen LogP contribution is -2.31. The first-order valence-corrected chi connectivity index (χ1v) is 8.38. The van der Waals surface area contributed by atoms with E-state index in [4.69, 9.17) is 10.2 Å². The fourth-order valence-electron chi connectivity index (χ4n) is 3.12. The first-order chi connectivity index (χ1) is 12.5. The molecule has 26 heavy (non-hydrogen) atoms. The van der Waals surface area contributed by atoms with Gasteiger partial charge >= 0.3 is 0 Å². The number of nitrogens with zero attached hydrogens (tertiary/aromatic N) is 5. The second-order valence-corrected chi connectivity index (χ2v) is 6.35. The van der Waals surface area contributed by atoms with Crippen LogP contribution in [-0.4, -0.2) is 32.6 Å². The average Bonchev–Trinajstić information content (AvgIpc) is 3.03. The Hall–Kier alpha value is -3.29. The number of hydrogen-bond donors (Lipinski definition) is 1. The van der Waals surface area contributed by atoms with Crippen LogP contribution in [0.2, 0.25) is 0 Å². The van der Waals surface area contributed by atoms with Crippen molar-refractivity contribution in [1.82, 2.24) is 20.2 Å². The van der Waals surface area contributed by atoms with Gasteiger partial charge in [-0.3, -0.25) is 4.79 Å². The molecule has 1 aromatic carbocycles. The molecule has 2 N–H and O–H groups in total. The van der Waals surface area contributed by atoms with E-state index in [1.807, 2.05) is 31.2 Å². The Bertz CT molecular complexity index is 983. The van der Waals surface area contributed by atoms with Crippen LogP contribution < -0.4 is 10.6 Å². The van der Waals surface area contributed by atoms with Gasteiger partial charge in [-0.1, -0.05) is 13.0 Å². The van der Waals surface area contributed by atoms with E-state index in [2.05, 4.69) is 20.2 Å². The predicted molar refractivity (Wildman–Crippen MR) is 95.6 cm³/mol. The summed E-state index contributed by atoms with van der Waals surface area (Å²) in [5.74, 6) is 1.09. The number of amides is 1. The number of anilines is 2. The van der Waals surface area contributed by atoms with E-state index in [-0.39, 0.29) is 17.8 Å². The van der Waals surface area contributed by atoms with Gasteiger partial charge in [0.1, 0.15) is 0 Å². The van der Waals surface area contributed by atoms with Crippen molar-refractivity contribution in [3.63, 3.8) is 0 Å². The highest BCUT2D eigenvalue weighted by Gasteiger charge is 2.29. The molecule has 0 radical (unpaired) electrons. The molecule has 0 aliphatic carbocycles. The van der Waals surface area contributed by atoms with E-state index < -0.39 is 0 Å². The smallest absolute Gasteiger partial charge is 0.261 e. The highest BCUT2D eigenvalue weighted by molar-refractivity contribution is 6.07. The van der Waals surface area contributed by atoms with Crippen LogP contribution in [0, 0.1) is 6.92 Å². The maximum Gasteiger partial charge on any atom is 0.261 e. The van der Waals surface area contributed by atoms with Gasteiger partial charge in [0.15, 0.2) is 0 Å². The van der Waals surface area contributed by atoms with Gasteiger partial charge in [-0.2, -0.15) is 0 Å². The topological polar surface area (TPSA) is 111 Å². The molecule has 0 saturated carbocycles. The summed E-state index contributed by atoms with van der Waals surface area (Å²) < 4.78 is 5.49. The van der Waals surface area contributed by atoms with Gasteiger partial charge in [-0.15, -0.1) is 10.2 Å². The van der Waals surface area contributed by atoms with Gasteiger partial charge in [-0.25, -0.2) is 9.97 Å². The molecule has 1 unspecified atom stereocenters. The number of nitrogens with two attached hydrogens (primary N) is 1. The van der Waals surface area contributed by atoms with Crippen molar-refractivity contribution in [2.75, 3.05) is 17.2 Å². The summed E-state index contributed by atoms with van der Waals surface area (Å²) in [6, 6.07) is 7.50. The van der Waals surface area contributed by atoms with Crippen LogP contribution >= 0.6 is 0 Å². The zero-order valence-electron chi connectivity index (χ0n) is 14.5. The molecule has 3 aromatic rings. The van der Waals surface area contributed by atoms with Crippen LogP contribution in [0.1, 0.15) is 41.2 Å². The molecule has 0 saturated heterocycles. The summed E-state index contributed by atoms with van der Waals surface area (Å²) in [5, 5.41) is 7.90. The van der Waals surface area contributed by atoms with Gasteiger partial charge in [0.25, 0.3) is 5.91 Å². The number of aromatic nitrogens is 4.